The summed E-state index contributed by atoms with van der Waals surface area (Å²) in [5.74, 6) is -1.74. The maximum absolute atomic E-state index is 13.9. The standard InChI is InChI=1S/C39H41N5O5/c1-27(40)37(47)42-34(24-29-14-18-33(45)19-15-29)38(48)41-26-36(46)44-23-22-43(21-20-28-8-4-2-5-9-28)39(49)35(44)25-30-12-16-32(17-13-30)31-10-6-3-7-11-31/h2-19,22-23,27,34-35,45H,20-21,24-26,40H2,1H3,(H,41,48)(H,42,47)/t27-,34-,35-/m0/s1. The van der Waals surface area contributed by atoms with Gasteiger partial charge in [0, 0.05) is 31.8 Å². The number of phenolic OH excluding ortho intramolecular Hbond substituents is 1. The van der Waals surface area contributed by atoms with Crippen LogP contribution in [0.2, 0.25) is 0 Å². The van der Waals surface area contributed by atoms with E-state index >= 15 is 0 Å². The van der Waals surface area contributed by atoms with E-state index in [4.69, 9.17) is 5.73 Å². The molecule has 1 aliphatic heterocycles. The first kappa shape index (κ1) is 34.6. The Hall–Kier alpha value is -5.74. The van der Waals surface area contributed by atoms with Crippen LogP contribution in [0.3, 0.4) is 0 Å². The van der Waals surface area contributed by atoms with Gasteiger partial charge in [-0.25, -0.2) is 0 Å². The van der Waals surface area contributed by atoms with Gasteiger partial charge in [-0.05, 0) is 53.3 Å². The van der Waals surface area contributed by atoms with Crippen LogP contribution in [-0.2, 0) is 38.4 Å². The van der Waals surface area contributed by atoms with E-state index in [1.54, 1.807) is 29.4 Å². The van der Waals surface area contributed by atoms with E-state index in [1.807, 2.05) is 84.9 Å². The topological polar surface area (TPSA) is 145 Å². The monoisotopic (exact) mass is 659 g/mol. The van der Waals surface area contributed by atoms with Crippen molar-refractivity contribution in [2.24, 2.45) is 5.73 Å². The van der Waals surface area contributed by atoms with E-state index in [2.05, 4.69) is 10.6 Å². The molecule has 0 radical (unpaired) electrons. The highest BCUT2D eigenvalue weighted by molar-refractivity contribution is 5.94. The minimum Gasteiger partial charge on any atom is -0.508 e. The van der Waals surface area contributed by atoms with Crippen molar-refractivity contribution >= 4 is 23.6 Å². The molecule has 0 aromatic heterocycles. The van der Waals surface area contributed by atoms with Gasteiger partial charge >= 0.3 is 0 Å². The van der Waals surface area contributed by atoms with Gasteiger partial charge in [0.15, 0.2) is 0 Å². The summed E-state index contributed by atoms with van der Waals surface area (Å²) in [6.45, 7) is 1.55. The van der Waals surface area contributed by atoms with Crippen molar-refractivity contribution in [3.8, 4) is 16.9 Å². The third kappa shape index (κ3) is 9.42. The average Bonchev–Trinajstić information content (AvgIpc) is 3.12. The molecule has 5 rings (SSSR count). The Balaban J connectivity index is 1.31. The summed E-state index contributed by atoms with van der Waals surface area (Å²) < 4.78 is 0. The van der Waals surface area contributed by atoms with Gasteiger partial charge in [-0.3, -0.25) is 19.2 Å². The molecule has 5 N–H and O–H groups in total. The largest absolute Gasteiger partial charge is 0.508 e. The lowest BCUT2D eigenvalue weighted by atomic mass is 9.98. The van der Waals surface area contributed by atoms with E-state index in [0.29, 0.717) is 18.5 Å². The lowest BCUT2D eigenvalue weighted by Crippen LogP contribution is -2.56. The van der Waals surface area contributed by atoms with Crippen LogP contribution in [-0.4, -0.2) is 69.8 Å². The van der Waals surface area contributed by atoms with Crippen molar-refractivity contribution in [3.05, 3.63) is 138 Å². The van der Waals surface area contributed by atoms with Crippen LogP contribution in [0.15, 0.2) is 122 Å². The van der Waals surface area contributed by atoms with E-state index < -0.39 is 42.4 Å². The molecular formula is C39H41N5O5. The van der Waals surface area contributed by atoms with Crippen molar-refractivity contribution in [2.45, 2.75) is 44.3 Å². The van der Waals surface area contributed by atoms with Gasteiger partial charge in [0.1, 0.15) is 17.8 Å². The van der Waals surface area contributed by atoms with Crippen LogP contribution in [0.4, 0.5) is 0 Å². The lowest BCUT2D eigenvalue weighted by molar-refractivity contribution is -0.143. The first-order valence-corrected chi connectivity index (χ1v) is 16.3. The molecule has 4 aromatic carbocycles. The van der Waals surface area contributed by atoms with Crippen LogP contribution in [0, 0.1) is 0 Å². The number of nitrogens with one attached hydrogen (secondary N) is 2. The summed E-state index contributed by atoms with van der Waals surface area (Å²) in [6, 6.07) is 31.3. The first-order valence-electron chi connectivity index (χ1n) is 16.3. The number of benzene rings is 4. The molecule has 0 saturated heterocycles. The van der Waals surface area contributed by atoms with E-state index in [9.17, 15) is 24.3 Å². The Labute approximate surface area is 286 Å². The number of hydrogen-bond donors (Lipinski definition) is 4. The number of hydrogen-bond acceptors (Lipinski definition) is 6. The number of carbonyl (C=O) groups is 4. The molecule has 0 aliphatic carbocycles. The second kappa shape index (κ2) is 16.4. The molecule has 4 aromatic rings. The van der Waals surface area contributed by atoms with Gasteiger partial charge < -0.3 is 31.3 Å². The van der Waals surface area contributed by atoms with Crippen LogP contribution in [0.5, 0.6) is 5.75 Å². The fourth-order valence-corrected chi connectivity index (χ4v) is 5.61. The normalized spacial score (nSPS) is 15.4. The van der Waals surface area contributed by atoms with Gasteiger partial charge in [0.05, 0.1) is 12.6 Å². The summed E-state index contributed by atoms with van der Waals surface area (Å²) in [5.41, 5.74) is 10.5. The SMILES string of the molecule is C[C@H](N)C(=O)N[C@@H](Cc1ccc(O)cc1)C(=O)NCC(=O)N1C=CN(CCc2ccccc2)C(=O)[C@@H]1Cc1ccc(-c2ccccc2)cc1. The van der Waals surface area contributed by atoms with Gasteiger partial charge in [-0.1, -0.05) is 97.1 Å². The molecule has 1 heterocycles. The fraction of sp³-hybridized carbons (Fsp3) is 0.231. The predicted octanol–water partition coefficient (Wildman–Crippen LogP) is 3.55. The van der Waals surface area contributed by atoms with Gasteiger partial charge in [-0.15, -0.1) is 0 Å². The second-order valence-corrected chi connectivity index (χ2v) is 12.1. The summed E-state index contributed by atoms with van der Waals surface area (Å²) >= 11 is 0. The summed E-state index contributed by atoms with van der Waals surface area (Å²) in [7, 11) is 0. The zero-order valence-corrected chi connectivity index (χ0v) is 27.4. The third-order valence-corrected chi connectivity index (χ3v) is 8.41. The summed E-state index contributed by atoms with van der Waals surface area (Å²) in [4.78, 5) is 56.4. The molecule has 10 heteroatoms. The maximum Gasteiger partial charge on any atom is 0.250 e. The lowest BCUT2D eigenvalue weighted by Gasteiger charge is -2.36. The second-order valence-electron chi connectivity index (χ2n) is 12.1. The van der Waals surface area contributed by atoms with E-state index in [1.165, 1.54) is 24.0 Å². The Morgan fingerprint density at radius 2 is 1.39 bits per heavy atom. The van der Waals surface area contributed by atoms with Crippen molar-refractivity contribution in [2.75, 3.05) is 13.1 Å². The molecule has 3 atom stereocenters. The highest BCUT2D eigenvalue weighted by Gasteiger charge is 2.35. The molecule has 4 amide bonds. The minimum atomic E-state index is -1.03. The number of amides is 4. The predicted molar refractivity (Wildman–Crippen MR) is 188 cm³/mol. The van der Waals surface area contributed by atoms with Gasteiger partial charge in [-0.2, -0.15) is 0 Å². The zero-order chi connectivity index (χ0) is 34.8. The van der Waals surface area contributed by atoms with Crippen molar-refractivity contribution in [1.82, 2.24) is 20.4 Å². The van der Waals surface area contributed by atoms with Crippen molar-refractivity contribution in [3.63, 3.8) is 0 Å². The number of phenols is 1. The van der Waals surface area contributed by atoms with Crippen LogP contribution >= 0.6 is 0 Å². The molecule has 1 aliphatic rings. The molecule has 0 bridgehead atoms. The smallest absolute Gasteiger partial charge is 0.250 e. The van der Waals surface area contributed by atoms with Crippen molar-refractivity contribution < 1.29 is 24.3 Å². The third-order valence-electron chi connectivity index (χ3n) is 8.41. The fourth-order valence-electron chi connectivity index (χ4n) is 5.61. The van der Waals surface area contributed by atoms with Crippen LogP contribution in [0.25, 0.3) is 11.1 Å². The molecule has 0 saturated carbocycles. The van der Waals surface area contributed by atoms with Crippen LogP contribution < -0.4 is 16.4 Å². The van der Waals surface area contributed by atoms with Gasteiger partial charge in [0.2, 0.25) is 23.6 Å². The molecule has 0 fully saturated rings. The molecule has 0 spiro atoms. The molecule has 49 heavy (non-hydrogen) atoms. The van der Waals surface area contributed by atoms with Crippen molar-refractivity contribution in [1.29, 1.82) is 0 Å². The number of aromatic hydroxyl groups is 1. The number of rotatable bonds is 13. The molecule has 0 unspecified atom stereocenters. The minimum absolute atomic E-state index is 0.0689. The first-order chi connectivity index (χ1) is 23.7. The molecular weight excluding hydrogens is 618 g/mol. The number of carbonyl (C=O) groups excluding carboxylic acids is 4. The Morgan fingerprint density at radius 1 is 0.776 bits per heavy atom. The average molecular weight is 660 g/mol. The molecule has 10 nitrogen and oxygen atoms in total. The molecule has 252 valence electrons. The highest BCUT2D eigenvalue weighted by atomic mass is 16.3. The number of nitrogens with zero attached hydrogens (tertiary/aromatic N) is 2. The summed E-state index contributed by atoms with van der Waals surface area (Å²) in [5, 5.41) is 14.9. The highest BCUT2D eigenvalue weighted by Crippen LogP contribution is 2.23. The van der Waals surface area contributed by atoms with E-state index in [0.717, 1.165) is 22.3 Å². The summed E-state index contributed by atoms with van der Waals surface area (Å²) in [6.07, 6.45) is 4.23. The van der Waals surface area contributed by atoms with E-state index in [-0.39, 0.29) is 24.5 Å². The van der Waals surface area contributed by atoms with Crippen LogP contribution in [0.1, 0.15) is 23.6 Å². The Bertz CT molecular complexity index is 1760. The maximum atomic E-state index is 13.9. The Kier molecular flexibility index (Phi) is 11.6. The quantitative estimate of drug-likeness (QED) is 0.173. The Morgan fingerprint density at radius 3 is 2.04 bits per heavy atom. The zero-order valence-electron chi connectivity index (χ0n) is 27.4. The van der Waals surface area contributed by atoms with Gasteiger partial charge in [0.25, 0.3) is 0 Å². The number of nitrogens with two attached hydrogens (primary N) is 1.